The van der Waals surface area contributed by atoms with Crippen LogP contribution >= 0.6 is 0 Å². The number of benzene rings is 1. The van der Waals surface area contributed by atoms with Crippen LogP contribution in [0.5, 0.6) is 5.75 Å². The van der Waals surface area contributed by atoms with Gasteiger partial charge in [0, 0.05) is 20.3 Å². The van der Waals surface area contributed by atoms with Gasteiger partial charge >= 0.3 is 0 Å². The van der Waals surface area contributed by atoms with E-state index in [4.69, 9.17) is 9.47 Å². The number of ether oxygens (including phenoxy) is 2. The third-order valence-corrected chi connectivity index (χ3v) is 4.48. The number of aliphatic hydroxyl groups is 3. The summed E-state index contributed by atoms with van der Waals surface area (Å²) < 4.78 is 10.8. The quantitative estimate of drug-likeness (QED) is 0.412. The number of aliphatic hydroxyl groups excluding tert-OH is 2. The molecule has 9 heteroatoms. The molecular formula is C18H26N2O7. The predicted octanol–water partition coefficient (Wildman–Crippen LogP) is -1.31. The Balaban J connectivity index is 2.34. The molecule has 5 atom stereocenters. The van der Waals surface area contributed by atoms with Gasteiger partial charge in [0.25, 0.3) is 0 Å². The van der Waals surface area contributed by atoms with Crippen molar-refractivity contribution in [3.63, 3.8) is 0 Å². The minimum absolute atomic E-state index is 0.0672. The Hall–Kier alpha value is -2.20. The molecule has 1 aliphatic heterocycles. The Morgan fingerprint density at radius 2 is 1.78 bits per heavy atom. The van der Waals surface area contributed by atoms with E-state index in [9.17, 15) is 24.9 Å². The van der Waals surface area contributed by atoms with Crippen molar-refractivity contribution in [3.05, 3.63) is 29.8 Å². The summed E-state index contributed by atoms with van der Waals surface area (Å²) in [7, 11) is 1.53. The number of carbonyl (C=O) groups is 2. The van der Waals surface area contributed by atoms with Crippen molar-refractivity contribution in [1.29, 1.82) is 0 Å². The fraction of sp³-hybridized carbons (Fsp3) is 0.556. The SMILES string of the molecule is COc1ccc(C[C@@]2(O)O[C@H](CO)[C@@H](NC(C)=O)[C@H](O)[C@@H]2NC(C)=O)cc1. The molecule has 0 aliphatic carbocycles. The van der Waals surface area contributed by atoms with Crippen molar-refractivity contribution in [3.8, 4) is 5.75 Å². The first-order valence-electron chi connectivity index (χ1n) is 8.56. The molecule has 150 valence electrons. The molecule has 1 fully saturated rings. The van der Waals surface area contributed by atoms with Crippen LogP contribution in [0, 0.1) is 0 Å². The summed E-state index contributed by atoms with van der Waals surface area (Å²) in [5.74, 6) is -2.29. The van der Waals surface area contributed by atoms with Crippen molar-refractivity contribution in [2.45, 2.75) is 50.3 Å². The number of amides is 2. The first-order valence-corrected chi connectivity index (χ1v) is 8.56. The summed E-state index contributed by atoms with van der Waals surface area (Å²) in [6.07, 6.45) is -2.51. The van der Waals surface area contributed by atoms with Crippen molar-refractivity contribution in [2.75, 3.05) is 13.7 Å². The maximum Gasteiger partial charge on any atom is 0.217 e. The van der Waals surface area contributed by atoms with E-state index in [1.165, 1.54) is 21.0 Å². The first kappa shape index (κ1) is 21.1. The Morgan fingerprint density at radius 1 is 1.19 bits per heavy atom. The van der Waals surface area contributed by atoms with E-state index in [0.29, 0.717) is 11.3 Å². The molecule has 0 unspecified atom stereocenters. The van der Waals surface area contributed by atoms with Crippen LogP contribution in [-0.2, 0) is 20.7 Å². The largest absolute Gasteiger partial charge is 0.497 e. The van der Waals surface area contributed by atoms with Crippen molar-refractivity contribution in [2.24, 2.45) is 0 Å². The van der Waals surface area contributed by atoms with E-state index >= 15 is 0 Å². The molecule has 2 rings (SSSR count). The van der Waals surface area contributed by atoms with Crippen LogP contribution in [0.1, 0.15) is 19.4 Å². The summed E-state index contributed by atoms with van der Waals surface area (Å²) in [4.78, 5) is 23.1. The van der Waals surface area contributed by atoms with Gasteiger partial charge in [-0.2, -0.15) is 0 Å². The Bertz CT molecular complexity index is 666. The standard InChI is InChI=1S/C18H26N2O7/c1-10(22)19-15-14(9-21)27-18(25,17(16(15)24)20-11(2)23)8-12-4-6-13(26-3)7-5-12/h4-7,14-17,21,24-25H,8-9H2,1-3H3,(H,19,22)(H,20,23)/t14-,15-,16+,17+,18-/m1/s1. The fourth-order valence-corrected chi connectivity index (χ4v) is 3.27. The molecule has 1 heterocycles. The molecule has 1 aliphatic rings. The van der Waals surface area contributed by atoms with E-state index in [1.807, 2.05) is 0 Å². The Labute approximate surface area is 157 Å². The van der Waals surface area contributed by atoms with E-state index in [-0.39, 0.29) is 6.42 Å². The van der Waals surface area contributed by atoms with Gasteiger partial charge in [-0.3, -0.25) is 9.59 Å². The van der Waals surface area contributed by atoms with Gasteiger partial charge in [0.2, 0.25) is 11.8 Å². The zero-order valence-corrected chi connectivity index (χ0v) is 15.5. The molecule has 1 aromatic carbocycles. The monoisotopic (exact) mass is 382 g/mol. The highest BCUT2D eigenvalue weighted by atomic mass is 16.6. The summed E-state index contributed by atoms with van der Waals surface area (Å²) >= 11 is 0. The average Bonchev–Trinajstić information content (AvgIpc) is 2.61. The molecule has 27 heavy (non-hydrogen) atoms. The van der Waals surface area contributed by atoms with Gasteiger partial charge in [0.05, 0.1) is 19.8 Å². The molecule has 0 radical (unpaired) electrons. The van der Waals surface area contributed by atoms with Crippen LogP contribution in [0.4, 0.5) is 0 Å². The lowest BCUT2D eigenvalue weighted by atomic mass is 9.85. The van der Waals surface area contributed by atoms with Crippen molar-refractivity contribution >= 4 is 11.8 Å². The van der Waals surface area contributed by atoms with Gasteiger partial charge in [-0.1, -0.05) is 12.1 Å². The number of hydrogen-bond acceptors (Lipinski definition) is 7. The smallest absolute Gasteiger partial charge is 0.217 e. The summed E-state index contributed by atoms with van der Waals surface area (Å²) in [6.45, 7) is 1.96. The molecular weight excluding hydrogens is 356 g/mol. The molecule has 0 saturated carbocycles. The van der Waals surface area contributed by atoms with Gasteiger partial charge in [-0.15, -0.1) is 0 Å². The molecule has 5 N–H and O–H groups in total. The van der Waals surface area contributed by atoms with Crippen LogP contribution in [0.3, 0.4) is 0 Å². The molecule has 0 bridgehead atoms. The van der Waals surface area contributed by atoms with Crippen LogP contribution in [0.15, 0.2) is 24.3 Å². The summed E-state index contributed by atoms with van der Waals surface area (Å²) in [5.41, 5.74) is 0.663. The van der Waals surface area contributed by atoms with Crippen LogP contribution in [0.2, 0.25) is 0 Å². The highest BCUT2D eigenvalue weighted by Crippen LogP contribution is 2.31. The molecule has 2 amide bonds. The number of carbonyl (C=O) groups excluding carboxylic acids is 2. The van der Waals surface area contributed by atoms with Crippen LogP contribution in [0.25, 0.3) is 0 Å². The topological polar surface area (TPSA) is 137 Å². The molecule has 9 nitrogen and oxygen atoms in total. The van der Waals surface area contributed by atoms with Gasteiger partial charge < -0.3 is 35.4 Å². The normalized spacial score (nSPS) is 30.4. The van der Waals surface area contributed by atoms with Crippen LogP contribution in [-0.4, -0.2) is 70.9 Å². The lowest BCUT2D eigenvalue weighted by molar-refractivity contribution is -0.298. The molecule has 0 aromatic heterocycles. The second-order valence-corrected chi connectivity index (χ2v) is 6.60. The van der Waals surface area contributed by atoms with E-state index in [0.717, 1.165) is 0 Å². The maximum absolute atomic E-state index is 11.6. The average molecular weight is 382 g/mol. The number of hydrogen-bond donors (Lipinski definition) is 5. The van der Waals surface area contributed by atoms with Gasteiger partial charge in [-0.25, -0.2) is 0 Å². The summed E-state index contributed by atoms with van der Waals surface area (Å²) in [5, 5.41) is 36.5. The fourth-order valence-electron chi connectivity index (χ4n) is 3.27. The number of methoxy groups -OCH3 is 1. The summed E-state index contributed by atoms with van der Waals surface area (Å²) in [6, 6.07) is 4.61. The zero-order valence-electron chi connectivity index (χ0n) is 15.5. The van der Waals surface area contributed by atoms with Gasteiger partial charge in [0.1, 0.15) is 24.0 Å². The third-order valence-electron chi connectivity index (χ3n) is 4.48. The Morgan fingerprint density at radius 3 is 2.26 bits per heavy atom. The van der Waals surface area contributed by atoms with Crippen LogP contribution < -0.4 is 15.4 Å². The highest BCUT2D eigenvalue weighted by molar-refractivity contribution is 5.74. The predicted molar refractivity (Wildman–Crippen MR) is 94.8 cm³/mol. The minimum atomic E-state index is -2.00. The lowest BCUT2D eigenvalue weighted by Crippen LogP contribution is -2.73. The second-order valence-electron chi connectivity index (χ2n) is 6.60. The lowest BCUT2D eigenvalue weighted by Gasteiger charge is -2.49. The zero-order chi connectivity index (χ0) is 20.2. The molecule has 0 spiro atoms. The number of rotatable bonds is 6. The second kappa shape index (κ2) is 8.66. The van der Waals surface area contributed by atoms with E-state index in [2.05, 4.69) is 10.6 Å². The molecule has 1 aromatic rings. The van der Waals surface area contributed by atoms with Gasteiger partial charge in [0.15, 0.2) is 5.79 Å². The van der Waals surface area contributed by atoms with E-state index < -0.39 is 48.5 Å². The Kier molecular flexibility index (Phi) is 6.77. The minimum Gasteiger partial charge on any atom is -0.497 e. The maximum atomic E-state index is 11.6. The highest BCUT2D eigenvalue weighted by Gasteiger charge is 2.54. The molecule has 1 saturated heterocycles. The van der Waals surface area contributed by atoms with Crippen molar-refractivity contribution in [1.82, 2.24) is 10.6 Å². The third kappa shape index (κ3) is 4.95. The van der Waals surface area contributed by atoms with Gasteiger partial charge in [-0.05, 0) is 17.7 Å². The number of nitrogens with one attached hydrogen (secondary N) is 2. The van der Waals surface area contributed by atoms with Crippen molar-refractivity contribution < 1.29 is 34.4 Å². The first-order chi connectivity index (χ1) is 12.7. The van der Waals surface area contributed by atoms with E-state index in [1.54, 1.807) is 24.3 Å².